The number of amides is 1. The molecule has 0 unspecified atom stereocenters. The molecule has 1 aliphatic rings. The molecule has 5 nitrogen and oxygen atoms in total. The first-order valence-corrected chi connectivity index (χ1v) is 7.32. The van der Waals surface area contributed by atoms with Gasteiger partial charge in [-0.15, -0.1) is 0 Å². The summed E-state index contributed by atoms with van der Waals surface area (Å²) in [6.07, 6.45) is 7.32. The Morgan fingerprint density at radius 1 is 1.38 bits per heavy atom. The van der Waals surface area contributed by atoms with Gasteiger partial charge < -0.3 is 15.8 Å². The summed E-state index contributed by atoms with van der Waals surface area (Å²) in [6.45, 7) is 3.08. The highest BCUT2D eigenvalue weighted by atomic mass is 16.5. The topological polar surface area (TPSA) is 67.6 Å². The minimum absolute atomic E-state index is 0.142. The van der Waals surface area contributed by atoms with Crippen LogP contribution in [0.1, 0.15) is 19.3 Å². The minimum atomic E-state index is -0.142. The van der Waals surface area contributed by atoms with Crippen molar-refractivity contribution >= 4 is 17.3 Å². The van der Waals surface area contributed by atoms with Crippen LogP contribution in [0.3, 0.4) is 0 Å². The Kier molecular flexibility index (Phi) is 5.63. The van der Waals surface area contributed by atoms with Crippen molar-refractivity contribution in [1.29, 1.82) is 0 Å². The number of anilines is 2. The van der Waals surface area contributed by atoms with Crippen molar-refractivity contribution in [2.75, 3.05) is 37.8 Å². The van der Waals surface area contributed by atoms with Gasteiger partial charge in [-0.25, -0.2) is 0 Å². The summed E-state index contributed by atoms with van der Waals surface area (Å²) >= 11 is 0. The monoisotopic (exact) mass is 289 g/mol. The van der Waals surface area contributed by atoms with Gasteiger partial charge in [0.2, 0.25) is 5.91 Å². The van der Waals surface area contributed by atoms with Crippen LogP contribution < -0.4 is 15.8 Å². The highest BCUT2D eigenvalue weighted by Gasteiger charge is 2.08. The van der Waals surface area contributed by atoms with Gasteiger partial charge in [-0.05, 0) is 44.1 Å². The maximum Gasteiger partial charge on any atom is 0.248 e. The quantitative estimate of drug-likeness (QED) is 0.644. The molecule has 0 aliphatic carbocycles. The van der Waals surface area contributed by atoms with E-state index in [2.05, 4.69) is 10.2 Å². The number of ether oxygens (including phenoxy) is 1. The average molecular weight is 289 g/mol. The van der Waals surface area contributed by atoms with E-state index >= 15 is 0 Å². The maximum absolute atomic E-state index is 11.8. The molecule has 0 spiro atoms. The van der Waals surface area contributed by atoms with Crippen LogP contribution in [0, 0.1) is 0 Å². The molecule has 114 valence electrons. The molecule has 0 radical (unpaired) electrons. The largest absolute Gasteiger partial charge is 0.495 e. The Hall–Kier alpha value is -2.01. The van der Waals surface area contributed by atoms with Crippen LogP contribution in [0.15, 0.2) is 30.4 Å². The number of carbonyl (C=O) groups excluding carboxylic acids is 1. The summed E-state index contributed by atoms with van der Waals surface area (Å²) in [5, 5.41) is 2.79. The van der Waals surface area contributed by atoms with E-state index in [-0.39, 0.29) is 5.91 Å². The number of nitrogen functional groups attached to an aromatic ring is 1. The normalized spacial score (nSPS) is 16.0. The minimum Gasteiger partial charge on any atom is -0.495 e. The van der Waals surface area contributed by atoms with Gasteiger partial charge in [-0.3, -0.25) is 9.69 Å². The van der Waals surface area contributed by atoms with Crippen molar-refractivity contribution in [2.24, 2.45) is 0 Å². The number of hydrogen-bond acceptors (Lipinski definition) is 4. The highest BCUT2D eigenvalue weighted by molar-refractivity contribution is 5.99. The number of nitrogens with one attached hydrogen (secondary N) is 1. The van der Waals surface area contributed by atoms with Crippen LogP contribution in [0.2, 0.25) is 0 Å². The SMILES string of the molecule is COc1ccc(NC(=O)/C=C/CN2CCCCC2)cc1N. The molecule has 1 saturated heterocycles. The second-order valence-corrected chi connectivity index (χ2v) is 5.21. The summed E-state index contributed by atoms with van der Waals surface area (Å²) < 4.78 is 5.08. The van der Waals surface area contributed by atoms with Gasteiger partial charge in [0.25, 0.3) is 0 Å². The Morgan fingerprint density at radius 3 is 2.81 bits per heavy atom. The molecule has 0 atom stereocenters. The van der Waals surface area contributed by atoms with Crippen LogP contribution in [0.5, 0.6) is 5.75 Å². The maximum atomic E-state index is 11.8. The smallest absolute Gasteiger partial charge is 0.248 e. The number of likely N-dealkylation sites (tertiary alicyclic amines) is 1. The standard InChI is InChI=1S/C16H23N3O2/c1-21-15-8-7-13(12-14(15)17)18-16(20)6-5-11-19-9-3-2-4-10-19/h5-8,12H,2-4,9-11,17H2,1H3,(H,18,20)/b6-5+. The third kappa shape index (κ3) is 4.79. The fourth-order valence-corrected chi connectivity index (χ4v) is 2.45. The highest BCUT2D eigenvalue weighted by Crippen LogP contribution is 2.24. The van der Waals surface area contributed by atoms with Crippen LogP contribution in [0.25, 0.3) is 0 Å². The Morgan fingerprint density at radius 2 is 2.14 bits per heavy atom. The molecule has 0 aromatic heterocycles. The van der Waals surface area contributed by atoms with E-state index in [0.29, 0.717) is 17.1 Å². The predicted molar refractivity (Wildman–Crippen MR) is 85.5 cm³/mol. The third-order valence-electron chi connectivity index (χ3n) is 3.58. The van der Waals surface area contributed by atoms with E-state index < -0.39 is 0 Å². The third-order valence-corrected chi connectivity index (χ3v) is 3.58. The molecule has 3 N–H and O–H groups in total. The first kappa shape index (κ1) is 15.4. The zero-order valence-electron chi connectivity index (χ0n) is 12.5. The number of hydrogen-bond donors (Lipinski definition) is 2. The molecule has 1 amide bonds. The number of carbonyl (C=O) groups is 1. The number of benzene rings is 1. The van der Waals surface area contributed by atoms with Gasteiger partial charge >= 0.3 is 0 Å². The van der Waals surface area contributed by atoms with E-state index in [1.54, 1.807) is 31.4 Å². The van der Waals surface area contributed by atoms with E-state index in [0.717, 1.165) is 19.6 Å². The summed E-state index contributed by atoms with van der Waals surface area (Å²) in [4.78, 5) is 14.2. The first-order chi connectivity index (χ1) is 10.2. The lowest BCUT2D eigenvalue weighted by Gasteiger charge is -2.24. The molecule has 1 aromatic carbocycles. The van der Waals surface area contributed by atoms with Crippen LogP contribution in [-0.4, -0.2) is 37.6 Å². The van der Waals surface area contributed by atoms with Gasteiger partial charge in [0.05, 0.1) is 12.8 Å². The van der Waals surface area contributed by atoms with Crippen LogP contribution >= 0.6 is 0 Å². The number of rotatable bonds is 5. The second-order valence-electron chi connectivity index (χ2n) is 5.21. The fraction of sp³-hybridized carbons (Fsp3) is 0.438. The molecule has 1 fully saturated rings. The first-order valence-electron chi connectivity index (χ1n) is 7.32. The molecule has 1 heterocycles. The lowest BCUT2D eigenvalue weighted by molar-refractivity contribution is -0.111. The summed E-state index contributed by atoms with van der Waals surface area (Å²) in [6, 6.07) is 5.20. The Balaban J connectivity index is 1.82. The summed E-state index contributed by atoms with van der Waals surface area (Å²) in [5.74, 6) is 0.463. The molecule has 21 heavy (non-hydrogen) atoms. The van der Waals surface area contributed by atoms with Crippen molar-refractivity contribution < 1.29 is 9.53 Å². The lowest BCUT2D eigenvalue weighted by atomic mass is 10.1. The van der Waals surface area contributed by atoms with Gasteiger partial charge in [0.15, 0.2) is 0 Å². The Bertz CT molecular complexity index is 508. The second kappa shape index (κ2) is 7.69. The van der Waals surface area contributed by atoms with Crippen molar-refractivity contribution in [1.82, 2.24) is 4.90 Å². The van der Waals surface area contributed by atoms with Crippen molar-refractivity contribution in [3.05, 3.63) is 30.4 Å². The summed E-state index contributed by atoms with van der Waals surface area (Å²) in [7, 11) is 1.56. The molecule has 5 heteroatoms. The van der Waals surface area contributed by atoms with E-state index in [1.807, 2.05) is 6.08 Å². The van der Waals surface area contributed by atoms with Crippen molar-refractivity contribution in [3.63, 3.8) is 0 Å². The van der Waals surface area contributed by atoms with E-state index in [4.69, 9.17) is 10.5 Å². The number of piperidine rings is 1. The molecule has 0 saturated carbocycles. The zero-order chi connectivity index (χ0) is 15.1. The molecule has 2 rings (SSSR count). The Labute approximate surface area is 125 Å². The molecule has 1 aliphatic heterocycles. The van der Waals surface area contributed by atoms with Crippen LogP contribution in [0.4, 0.5) is 11.4 Å². The molecule has 0 bridgehead atoms. The molecular formula is C16H23N3O2. The number of methoxy groups -OCH3 is 1. The van der Waals surface area contributed by atoms with Gasteiger partial charge in [0, 0.05) is 18.3 Å². The number of nitrogens with two attached hydrogens (primary N) is 1. The average Bonchev–Trinajstić information content (AvgIpc) is 2.48. The van der Waals surface area contributed by atoms with Gasteiger partial charge in [0.1, 0.15) is 5.75 Å². The summed E-state index contributed by atoms with van der Waals surface area (Å²) in [5.41, 5.74) is 6.98. The van der Waals surface area contributed by atoms with Gasteiger partial charge in [-0.1, -0.05) is 12.5 Å². The van der Waals surface area contributed by atoms with E-state index in [1.165, 1.54) is 19.3 Å². The molecular weight excluding hydrogens is 266 g/mol. The molecule has 1 aromatic rings. The fourth-order valence-electron chi connectivity index (χ4n) is 2.45. The lowest BCUT2D eigenvalue weighted by Crippen LogP contribution is -2.29. The van der Waals surface area contributed by atoms with Crippen molar-refractivity contribution in [3.8, 4) is 5.75 Å². The van der Waals surface area contributed by atoms with E-state index in [9.17, 15) is 4.79 Å². The van der Waals surface area contributed by atoms with Crippen LogP contribution in [-0.2, 0) is 4.79 Å². The predicted octanol–water partition coefficient (Wildman–Crippen LogP) is 2.26. The zero-order valence-corrected chi connectivity index (χ0v) is 12.5. The number of nitrogens with zero attached hydrogens (tertiary/aromatic N) is 1. The van der Waals surface area contributed by atoms with Gasteiger partial charge in [-0.2, -0.15) is 0 Å². The van der Waals surface area contributed by atoms with Crippen molar-refractivity contribution in [2.45, 2.75) is 19.3 Å².